The number of aromatic nitrogens is 3. The Hall–Kier alpha value is -3.20. The lowest BCUT2D eigenvalue weighted by molar-refractivity contribution is -0.138. The van der Waals surface area contributed by atoms with E-state index in [0.717, 1.165) is 6.07 Å². The van der Waals surface area contributed by atoms with E-state index >= 15 is 0 Å². The second-order valence-corrected chi connectivity index (χ2v) is 12.2. The van der Waals surface area contributed by atoms with Gasteiger partial charge in [0.25, 0.3) is 0 Å². The number of halogens is 3. The number of nitrogens with zero attached hydrogens (tertiary/aromatic N) is 4. The van der Waals surface area contributed by atoms with Crippen molar-refractivity contribution in [3.8, 4) is 0 Å². The van der Waals surface area contributed by atoms with Gasteiger partial charge in [0.1, 0.15) is 24.2 Å². The topological polar surface area (TPSA) is 97.3 Å². The third kappa shape index (κ3) is 5.56. The number of rotatable bonds is 5. The number of aryl methyl sites for hydroxylation is 1. The summed E-state index contributed by atoms with van der Waals surface area (Å²) in [4.78, 5) is 26.9. The highest BCUT2D eigenvalue weighted by atomic mass is 31.2. The van der Waals surface area contributed by atoms with Crippen molar-refractivity contribution in [3.05, 3.63) is 53.0 Å². The van der Waals surface area contributed by atoms with Crippen LogP contribution >= 0.6 is 7.14 Å². The minimum absolute atomic E-state index is 0.144. The van der Waals surface area contributed by atoms with Crippen molar-refractivity contribution in [2.45, 2.75) is 39.9 Å². The average molecular weight is 536 g/mol. The van der Waals surface area contributed by atoms with Gasteiger partial charge >= 0.3 is 12.3 Å². The molecule has 1 aliphatic heterocycles. The molecule has 1 saturated heterocycles. The first-order valence-corrected chi connectivity index (χ1v) is 14.1. The van der Waals surface area contributed by atoms with E-state index in [0.29, 0.717) is 46.6 Å². The van der Waals surface area contributed by atoms with Gasteiger partial charge in [-0.15, -0.1) is 0 Å². The van der Waals surface area contributed by atoms with Crippen LogP contribution in [-0.4, -0.2) is 58.0 Å². The minimum Gasteiger partial charge on any atom is -0.450 e. The number of amides is 1. The van der Waals surface area contributed by atoms with Crippen LogP contribution in [0.4, 0.5) is 23.8 Å². The smallest absolute Gasteiger partial charge is 0.416 e. The number of nitrogens with one attached hydrogen (secondary N) is 1. The molecule has 1 amide bonds. The zero-order valence-electron chi connectivity index (χ0n) is 21.1. The van der Waals surface area contributed by atoms with Crippen LogP contribution in [-0.2, 0) is 15.5 Å². The van der Waals surface area contributed by atoms with E-state index in [-0.39, 0.29) is 24.5 Å². The molecule has 1 aliphatic rings. The predicted molar refractivity (Wildman–Crippen MR) is 136 cm³/mol. The minimum atomic E-state index is -4.45. The zero-order valence-corrected chi connectivity index (χ0v) is 22.0. The fourth-order valence-corrected chi connectivity index (χ4v) is 7.04. The van der Waals surface area contributed by atoms with Crippen molar-refractivity contribution >= 4 is 35.4 Å². The molecule has 0 spiro atoms. The van der Waals surface area contributed by atoms with Crippen molar-refractivity contribution in [2.24, 2.45) is 0 Å². The predicted octanol–water partition coefficient (Wildman–Crippen LogP) is 5.29. The number of ether oxygens (including phenoxy) is 1. The van der Waals surface area contributed by atoms with Gasteiger partial charge in [-0.1, -0.05) is 12.1 Å². The monoisotopic (exact) mass is 535 g/mol. The number of hydrogen-bond acceptors (Lipinski definition) is 7. The molecule has 8 nitrogen and oxygen atoms in total. The molecule has 12 heteroatoms. The molecule has 3 aromatic rings. The summed E-state index contributed by atoms with van der Waals surface area (Å²) in [5.74, 6) is 0.888. The molecule has 0 radical (unpaired) electrons. The van der Waals surface area contributed by atoms with Gasteiger partial charge in [0, 0.05) is 30.8 Å². The highest BCUT2D eigenvalue weighted by Gasteiger charge is 2.35. The van der Waals surface area contributed by atoms with Gasteiger partial charge in [0.2, 0.25) is 0 Å². The Bertz CT molecular complexity index is 1370. The molecule has 1 fully saturated rings. The fraction of sp³-hybridized carbons (Fsp3) is 0.440. The number of fused-ring (bicyclic) bond motifs is 1. The third-order valence-corrected chi connectivity index (χ3v) is 9.51. The Morgan fingerprint density at radius 3 is 2.57 bits per heavy atom. The van der Waals surface area contributed by atoms with Crippen LogP contribution in [0, 0.1) is 13.8 Å². The first-order valence-electron chi connectivity index (χ1n) is 12.0. The first kappa shape index (κ1) is 26.9. The van der Waals surface area contributed by atoms with Crippen LogP contribution in [0.15, 0.2) is 30.5 Å². The highest BCUT2D eigenvalue weighted by Crippen LogP contribution is 2.46. The number of alkyl halides is 3. The maximum absolute atomic E-state index is 13.8. The average Bonchev–Trinajstić information content (AvgIpc) is 2.83. The second-order valence-electron chi connectivity index (χ2n) is 9.09. The van der Waals surface area contributed by atoms with Crippen molar-refractivity contribution in [3.63, 3.8) is 0 Å². The molecule has 0 aliphatic carbocycles. The SMILES string of the molecule is CCOC(=O)N1CCP(=O)(c2cc3c(N[C@H](C)c4cccc(C(F)(F)F)c4C)nc(C)nc3cn2)CC1. The summed E-state index contributed by atoms with van der Waals surface area (Å²) in [5, 5.41) is 3.81. The third-order valence-electron chi connectivity index (χ3n) is 6.59. The number of hydrogen-bond donors (Lipinski definition) is 1. The van der Waals surface area contributed by atoms with Crippen molar-refractivity contribution < 1.29 is 27.3 Å². The molecule has 4 rings (SSSR count). The summed E-state index contributed by atoms with van der Waals surface area (Å²) >= 11 is 0. The van der Waals surface area contributed by atoms with Crippen molar-refractivity contribution in [1.82, 2.24) is 19.9 Å². The van der Waals surface area contributed by atoms with Crippen molar-refractivity contribution in [2.75, 3.05) is 37.3 Å². The van der Waals surface area contributed by atoms with Gasteiger partial charge in [-0.2, -0.15) is 13.2 Å². The van der Waals surface area contributed by atoms with E-state index in [1.807, 2.05) is 0 Å². The molecule has 2 aromatic heterocycles. The lowest BCUT2D eigenvalue weighted by atomic mass is 9.97. The summed E-state index contributed by atoms with van der Waals surface area (Å²) in [6.45, 7) is 7.54. The quantitative estimate of drug-likeness (QED) is 0.443. The molecular formula is C25H29F3N5O3P. The molecule has 37 heavy (non-hydrogen) atoms. The zero-order chi connectivity index (χ0) is 27.0. The number of carbonyl (C=O) groups excluding carboxylic acids is 1. The van der Waals surface area contributed by atoms with Crippen LogP contribution in [0.2, 0.25) is 0 Å². The van der Waals surface area contributed by atoms with E-state index in [9.17, 15) is 22.5 Å². The van der Waals surface area contributed by atoms with Gasteiger partial charge < -0.3 is 19.5 Å². The van der Waals surface area contributed by atoms with Crippen LogP contribution in [0.5, 0.6) is 0 Å². The van der Waals surface area contributed by atoms with Crippen LogP contribution in [0.1, 0.15) is 42.4 Å². The summed E-state index contributed by atoms with van der Waals surface area (Å²) < 4.78 is 59.2. The second kappa shape index (κ2) is 10.3. The molecule has 0 saturated carbocycles. The molecule has 0 bridgehead atoms. The lowest BCUT2D eigenvalue weighted by Gasteiger charge is -2.31. The standard InChI is InChI=1S/C25H29F3N5O3P/c1-5-36-24(34)33-9-11-37(35,12-10-33)22-13-19-21(14-29-22)31-17(4)32-23(19)30-16(3)18-7-6-8-20(15(18)2)25(26,27)28/h6-8,13-14,16H,5,9-12H2,1-4H3,(H,30,31,32)/t16-/m1/s1. The maximum Gasteiger partial charge on any atom is 0.416 e. The number of pyridine rings is 1. The summed E-state index contributed by atoms with van der Waals surface area (Å²) in [5.41, 5.74) is 0.907. The Balaban J connectivity index is 1.65. The first-order chi connectivity index (χ1) is 17.4. The Labute approximate surface area is 213 Å². The normalized spacial score (nSPS) is 16.5. The highest BCUT2D eigenvalue weighted by molar-refractivity contribution is 7.71. The molecular weight excluding hydrogens is 506 g/mol. The number of carbonyl (C=O) groups is 1. The Morgan fingerprint density at radius 1 is 1.22 bits per heavy atom. The van der Waals surface area contributed by atoms with Gasteiger partial charge in [-0.3, -0.25) is 4.98 Å². The van der Waals surface area contributed by atoms with Crippen LogP contribution < -0.4 is 10.8 Å². The van der Waals surface area contributed by atoms with E-state index in [4.69, 9.17) is 4.74 Å². The number of benzene rings is 1. The lowest BCUT2D eigenvalue weighted by Crippen LogP contribution is -2.41. The molecule has 1 atom stereocenters. The van der Waals surface area contributed by atoms with Gasteiger partial charge in [-0.05, 0) is 51.0 Å². The fourth-order valence-electron chi connectivity index (χ4n) is 4.60. The Kier molecular flexibility index (Phi) is 7.46. The molecule has 1 aromatic carbocycles. The molecule has 3 heterocycles. The van der Waals surface area contributed by atoms with Gasteiger partial charge in [0.05, 0.1) is 29.9 Å². The largest absolute Gasteiger partial charge is 0.450 e. The van der Waals surface area contributed by atoms with Crippen molar-refractivity contribution in [1.29, 1.82) is 0 Å². The van der Waals surface area contributed by atoms with Gasteiger partial charge in [0.15, 0.2) is 0 Å². The van der Waals surface area contributed by atoms with E-state index < -0.39 is 31.0 Å². The summed E-state index contributed by atoms with van der Waals surface area (Å²) in [7, 11) is -2.89. The van der Waals surface area contributed by atoms with Crippen LogP contribution in [0.3, 0.4) is 0 Å². The van der Waals surface area contributed by atoms with E-state index in [2.05, 4.69) is 20.3 Å². The molecule has 198 valence electrons. The van der Waals surface area contributed by atoms with Gasteiger partial charge in [-0.25, -0.2) is 14.8 Å². The van der Waals surface area contributed by atoms with Crippen LogP contribution in [0.25, 0.3) is 10.9 Å². The van der Waals surface area contributed by atoms with E-state index in [1.54, 1.807) is 44.0 Å². The maximum atomic E-state index is 13.8. The number of anilines is 1. The summed E-state index contributed by atoms with van der Waals surface area (Å²) in [6, 6.07) is 5.31. The Morgan fingerprint density at radius 2 is 1.92 bits per heavy atom. The molecule has 0 unspecified atom stereocenters. The molecule has 1 N–H and O–H groups in total. The summed E-state index contributed by atoms with van der Waals surface area (Å²) in [6.07, 6.45) is -2.77. The van der Waals surface area contributed by atoms with E-state index in [1.165, 1.54) is 13.0 Å².